The van der Waals surface area contributed by atoms with Crippen LogP contribution in [0.3, 0.4) is 0 Å². The molecule has 8 nitrogen and oxygen atoms in total. The Hall–Kier alpha value is -3.62. The molecule has 246 valence electrons. The van der Waals surface area contributed by atoms with Gasteiger partial charge in [-0.25, -0.2) is 4.79 Å². The van der Waals surface area contributed by atoms with E-state index in [4.69, 9.17) is 25.8 Å². The number of Topliss-reactive ketones (excluding diaryl/α,β-unsaturated/α-hetero) is 2. The first-order chi connectivity index (χ1) is 21.7. The van der Waals surface area contributed by atoms with E-state index in [1.807, 2.05) is 13.0 Å². The molecule has 0 aromatic heterocycles. The van der Waals surface area contributed by atoms with Crippen molar-refractivity contribution in [2.75, 3.05) is 26.9 Å². The summed E-state index contributed by atoms with van der Waals surface area (Å²) in [6, 6.07) is 10.1. The highest BCUT2D eigenvalue weighted by molar-refractivity contribution is 6.32. The number of carboxylic acids is 1. The number of hydrogen-bond acceptors (Lipinski definition) is 7. The first-order valence-electron chi connectivity index (χ1n) is 16.0. The van der Waals surface area contributed by atoms with Crippen LogP contribution in [0.5, 0.6) is 11.5 Å². The highest BCUT2D eigenvalue weighted by Crippen LogP contribution is 2.55. The van der Waals surface area contributed by atoms with E-state index in [0.29, 0.717) is 60.3 Å². The maximum atomic E-state index is 14.1. The monoisotopic (exact) mass is 649 g/mol. The Morgan fingerprint density at radius 3 is 2.04 bits per heavy atom. The summed E-state index contributed by atoms with van der Waals surface area (Å²) >= 11 is 6.94. The number of halogens is 1. The third kappa shape index (κ3) is 6.88. The lowest BCUT2D eigenvalue weighted by Gasteiger charge is -2.49. The van der Waals surface area contributed by atoms with Gasteiger partial charge in [0.1, 0.15) is 6.61 Å². The van der Waals surface area contributed by atoms with Gasteiger partial charge < -0.3 is 24.2 Å². The molecule has 0 radical (unpaired) electrons. The first kappa shape index (κ1) is 33.7. The Bertz CT molecular complexity index is 1550. The molecule has 2 aromatic rings. The van der Waals surface area contributed by atoms with Gasteiger partial charge in [-0.1, -0.05) is 51.4 Å². The van der Waals surface area contributed by atoms with Crippen LogP contribution in [0.2, 0.25) is 5.02 Å². The summed E-state index contributed by atoms with van der Waals surface area (Å²) in [4.78, 5) is 41.8. The van der Waals surface area contributed by atoms with Crippen molar-refractivity contribution >= 4 is 29.1 Å². The van der Waals surface area contributed by atoms with Crippen LogP contribution in [0.25, 0.3) is 0 Å². The molecule has 0 unspecified atom stereocenters. The van der Waals surface area contributed by atoms with Crippen molar-refractivity contribution < 1.29 is 33.7 Å². The molecule has 0 fully saturated rings. The van der Waals surface area contributed by atoms with E-state index >= 15 is 0 Å². The molecule has 1 aliphatic heterocycles. The van der Waals surface area contributed by atoms with E-state index in [0.717, 1.165) is 41.8 Å². The second-order valence-corrected chi connectivity index (χ2v) is 14.5. The van der Waals surface area contributed by atoms with Crippen molar-refractivity contribution in [3.63, 3.8) is 0 Å². The van der Waals surface area contributed by atoms with E-state index in [9.17, 15) is 19.5 Å². The average Bonchev–Trinajstić information content (AvgIpc) is 2.96. The van der Waals surface area contributed by atoms with Crippen LogP contribution in [0.1, 0.15) is 94.1 Å². The summed E-state index contributed by atoms with van der Waals surface area (Å²) < 4.78 is 17.6. The highest BCUT2D eigenvalue weighted by atomic mass is 35.5. The number of methoxy groups -OCH3 is 1. The molecular weight excluding hydrogens is 606 g/mol. The normalized spacial score (nSPS) is 19.2. The molecule has 0 saturated heterocycles. The number of rotatable bonds is 11. The van der Waals surface area contributed by atoms with Crippen molar-refractivity contribution in [1.82, 2.24) is 4.90 Å². The largest absolute Gasteiger partial charge is 0.490 e. The number of aromatic carboxylic acids is 1. The van der Waals surface area contributed by atoms with Gasteiger partial charge in [-0.15, -0.1) is 0 Å². The summed E-state index contributed by atoms with van der Waals surface area (Å²) in [6.07, 6.45) is 2.99. The van der Waals surface area contributed by atoms with Gasteiger partial charge in [0.25, 0.3) is 0 Å². The third-order valence-electron chi connectivity index (χ3n) is 9.00. The summed E-state index contributed by atoms with van der Waals surface area (Å²) in [7, 11) is 1.68. The van der Waals surface area contributed by atoms with E-state index in [1.165, 1.54) is 12.1 Å². The Labute approximate surface area is 276 Å². The standard InChI is InChI=1S/C37H44ClNO7/c1-7-45-30-16-24(15-25(38)34(30)46-21-22-9-11-23(12-10-22)35(42)43)31-32-26(17-36(2,3)19-28(32)40)39(13-8-14-44-6)27-18-37(4,5)20-29(41)33(27)31/h9-12,15-16,31H,7-8,13-14,17-21H2,1-6H3,(H,42,43). The maximum Gasteiger partial charge on any atom is 0.335 e. The van der Waals surface area contributed by atoms with Crippen LogP contribution in [-0.2, 0) is 20.9 Å². The van der Waals surface area contributed by atoms with Crippen LogP contribution >= 0.6 is 11.6 Å². The maximum absolute atomic E-state index is 14.1. The van der Waals surface area contributed by atoms with Crippen molar-refractivity contribution in [3.8, 4) is 11.5 Å². The zero-order valence-electron chi connectivity index (χ0n) is 27.6. The number of ketones is 2. The van der Waals surface area contributed by atoms with Gasteiger partial charge in [0, 0.05) is 61.6 Å². The zero-order valence-corrected chi connectivity index (χ0v) is 28.4. The molecule has 46 heavy (non-hydrogen) atoms. The predicted octanol–water partition coefficient (Wildman–Crippen LogP) is 7.74. The smallest absolute Gasteiger partial charge is 0.335 e. The van der Waals surface area contributed by atoms with Crippen LogP contribution < -0.4 is 9.47 Å². The number of benzene rings is 2. The first-order valence-corrected chi connectivity index (χ1v) is 16.3. The zero-order chi connectivity index (χ0) is 33.4. The second-order valence-electron chi connectivity index (χ2n) is 14.1. The lowest BCUT2D eigenvalue weighted by molar-refractivity contribution is -0.119. The van der Waals surface area contributed by atoms with Crippen LogP contribution in [-0.4, -0.2) is 54.4 Å². The lowest BCUT2D eigenvalue weighted by Crippen LogP contribution is -2.44. The fourth-order valence-corrected chi connectivity index (χ4v) is 7.35. The number of ether oxygens (including phenoxy) is 3. The highest BCUT2D eigenvalue weighted by Gasteiger charge is 2.49. The Morgan fingerprint density at radius 2 is 1.52 bits per heavy atom. The molecule has 3 aliphatic rings. The minimum absolute atomic E-state index is 0.0522. The molecule has 0 spiro atoms. The second kappa shape index (κ2) is 13.2. The van der Waals surface area contributed by atoms with Crippen LogP contribution in [0.4, 0.5) is 0 Å². The van der Waals surface area contributed by atoms with Gasteiger partial charge in [-0.3, -0.25) is 9.59 Å². The molecule has 2 aliphatic carbocycles. The molecule has 2 aromatic carbocycles. The van der Waals surface area contributed by atoms with E-state index in [-0.39, 0.29) is 34.6 Å². The molecule has 0 bridgehead atoms. The van der Waals surface area contributed by atoms with Crippen LogP contribution in [0, 0.1) is 10.8 Å². The molecule has 9 heteroatoms. The predicted molar refractivity (Wildman–Crippen MR) is 176 cm³/mol. The number of carbonyl (C=O) groups excluding carboxylic acids is 2. The SMILES string of the molecule is CCOc1cc(C2C3=C(CC(C)(C)CC3=O)N(CCCOC)C3=C2C(=O)CC(C)(C)C3)cc(Cl)c1OCc1ccc(C(=O)O)cc1. The number of hydrogen-bond donors (Lipinski definition) is 1. The minimum Gasteiger partial charge on any atom is -0.490 e. The number of allylic oxidation sites excluding steroid dienone is 4. The molecular formula is C37H44ClNO7. The van der Waals surface area contributed by atoms with Gasteiger partial charge in [0.05, 0.1) is 17.2 Å². The van der Waals surface area contributed by atoms with Crippen molar-refractivity contribution in [2.24, 2.45) is 10.8 Å². The Morgan fingerprint density at radius 1 is 0.935 bits per heavy atom. The van der Waals surface area contributed by atoms with Gasteiger partial charge >= 0.3 is 5.97 Å². The fraction of sp³-hybridized carbons (Fsp3) is 0.486. The third-order valence-corrected chi connectivity index (χ3v) is 9.28. The van der Waals surface area contributed by atoms with E-state index in [1.54, 1.807) is 25.3 Å². The number of carboxylic acid groups (broad SMARTS) is 1. The number of nitrogens with zero attached hydrogens (tertiary/aromatic N) is 1. The van der Waals surface area contributed by atoms with Gasteiger partial charge in [0.2, 0.25) is 0 Å². The van der Waals surface area contributed by atoms with Gasteiger partial charge in [-0.05, 0) is 72.4 Å². The molecule has 1 heterocycles. The summed E-state index contributed by atoms with van der Waals surface area (Å²) in [5, 5.41) is 9.53. The van der Waals surface area contributed by atoms with Gasteiger partial charge in [0.15, 0.2) is 23.1 Å². The molecule has 1 N–H and O–H groups in total. The fourth-order valence-electron chi connectivity index (χ4n) is 7.07. The summed E-state index contributed by atoms with van der Waals surface area (Å²) in [6.45, 7) is 12.1. The topological polar surface area (TPSA) is 102 Å². The molecule has 0 atom stereocenters. The lowest BCUT2D eigenvalue weighted by atomic mass is 9.63. The molecule has 5 rings (SSSR count). The molecule has 0 amide bonds. The summed E-state index contributed by atoms with van der Waals surface area (Å²) in [5.74, 6) is -0.687. The molecule has 0 saturated carbocycles. The Balaban J connectivity index is 1.62. The van der Waals surface area contributed by atoms with Crippen LogP contribution in [0.15, 0.2) is 58.9 Å². The average molecular weight is 650 g/mol. The van der Waals surface area contributed by atoms with Crippen molar-refractivity contribution in [2.45, 2.75) is 79.2 Å². The number of carbonyl (C=O) groups is 3. The van der Waals surface area contributed by atoms with E-state index in [2.05, 4.69) is 32.6 Å². The van der Waals surface area contributed by atoms with Crippen molar-refractivity contribution in [1.29, 1.82) is 0 Å². The van der Waals surface area contributed by atoms with E-state index < -0.39 is 11.9 Å². The Kier molecular flexibility index (Phi) is 9.71. The van der Waals surface area contributed by atoms with Gasteiger partial charge in [-0.2, -0.15) is 0 Å². The quantitative estimate of drug-likeness (QED) is 0.247. The van der Waals surface area contributed by atoms with Crippen molar-refractivity contribution in [3.05, 3.63) is 80.7 Å². The summed E-state index contributed by atoms with van der Waals surface area (Å²) in [5.41, 5.74) is 4.57. The minimum atomic E-state index is -0.998.